The van der Waals surface area contributed by atoms with E-state index in [2.05, 4.69) is 165 Å². The van der Waals surface area contributed by atoms with E-state index in [4.69, 9.17) is 0 Å². The summed E-state index contributed by atoms with van der Waals surface area (Å²) in [6, 6.07) is 53.5. The van der Waals surface area contributed by atoms with Gasteiger partial charge in [-0.3, -0.25) is 29.1 Å². The summed E-state index contributed by atoms with van der Waals surface area (Å²) in [6.45, 7) is 27.0. The normalized spacial score (nSPS) is 21.3. The molecule has 108 heavy (non-hydrogen) atoms. The van der Waals surface area contributed by atoms with Gasteiger partial charge in [0, 0.05) is 115 Å². The van der Waals surface area contributed by atoms with Crippen molar-refractivity contribution in [2.45, 2.75) is 229 Å². The Morgan fingerprint density at radius 1 is 0.306 bits per heavy atom. The summed E-state index contributed by atoms with van der Waals surface area (Å²) in [5.41, 5.74) is 6.60. The minimum absolute atomic E-state index is 0.000238. The molecule has 18 heteroatoms. The minimum atomic E-state index is -3.25. The van der Waals surface area contributed by atoms with Crippen LogP contribution >= 0.6 is 0 Å². The molecule has 6 aliphatic rings. The van der Waals surface area contributed by atoms with Crippen molar-refractivity contribution in [1.29, 1.82) is 0 Å². The molecule has 6 aromatic rings. The number of carbonyl (C=O) groups excluding carboxylic acids is 3. The lowest BCUT2D eigenvalue weighted by molar-refractivity contribution is -0.142. The lowest BCUT2D eigenvalue weighted by Gasteiger charge is -2.49. The first kappa shape index (κ1) is 83.9. The van der Waals surface area contributed by atoms with Crippen LogP contribution in [-0.2, 0) is 43.9 Å². The van der Waals surface area contributed by atoms with Gasteiger partial charge in [-0.25, -0.2) is 25.3 Å². The summed E-state index contributed by atoms with van der Waals surface area (Å²) in [5.74, 6) is 2.56. The number of hydrogen-bond acceptors (Lipinski definition) is 12. The van der Waals surface area contributed by atoms with Gasteiger partial charge >= 0.3 is 0 Å². The Kier molecular flexibility index (Phi) is 28.6. The number of carbonyl (C=O) groups is 3. The van der Waals surface area contributed by atoms with Crippen molar-refractivity contribution in [3.8, 4) is 0 Å². The van der Waals surface area contributed by atoms with Gasteiger partial charge in [0.05, 0.1) is 32.8 Å². The fourth-order valence-electron chi connectivity index (χ4n) is 17.9. The standard InChI is InChI=1S/3C30H42N2O3S/c3*1-30(2,3)27-22-31(19-20-32(27)28(33)21-23-11-7-5-8-12-23)29(24-13-9-6-10-14-24)25-15-17-26(18-16-25)36(4,34)35/h3*6,9-10,13-18,23,27,29H,5,7-8,11-12,19-22H2,1-4H3/t3*27-,29?/m111/s1. The fraction of sp³-hybridized carbons (Fsp3) is 0.567. The predicted molar refractivity (Wildman–Crippen MR) is 437 cm³/mol. The Bertz CT molecular complexity index is 3790. The van der Waals surface area contributed by atoms with Crippen LogP contribution in [0.3, 0.4) is 0 Å². The second-order valence-corrected chi connectivity index (χ2v) is 41.5. The lowest BCUT2D eigenvalue weighted by atomic mass is 9.82. The second kappa shape index (κ2) is 36.7. The van der Waals surface area contributed by atoms with Crippen LogP contribution in [0.1, 0.15) is 229 Å². The highest BCUT2D eigenvalue weighted by Gasteiger charge is 2.45. The van der Waals surface area contributed by atoms with Crippen LogP contribution in [0.2, 0.25) is 0 Å². The number of piperazine rings is 3. The average molecular weight is 1530 g/mol. The van der Waals surface area contributed by atoms with Crippen LogP contribution < -0.4 is 0 Å². The van der Waals surface area contributed by atoms with E-state index in [0.29, 0.717) is 69.4 Å². The van der Waals surface area contributed by atoms with Crippen LogP contribution in [0, 0.1) is 34.0 Å². The van der Waals surface area contributed by atoms with Crippen LogP contribution in [-0.4, -0.2) is 168 Å². The number of nitrogens with zero attached hydrogens (tertiary/aromatic N) is 6. The van der Waals surface area contributed by atoms with Crippen LogP contribution in [0.5, 0.6) is 0 Å². The third kappa shape index (κ3) is 22.6. The van der Waals surface area contributed by atoms with E-state index in [0.717, 1.165) is 75.6 Å². The fourth-order valence-corrected chi connectivity index (χ4v) is 19.8. The van der Waals surface area contributed by atoms with Gasteiger partial charge in [0.1, 0.15) is 0 Å². The molecule has 6 atom stereocenters. The first-order chi connectivity index (χ1) is 51.1. The van der Waals surface area contributed by atoms with Crippen molar-refractivity contribution in [3.63, 3.8) is 0 Å². The SMILES string of the molecule is CC(C)(C)[C@H]1CN(C(c2ccccc2)c2ccc(S(C)(=O)=O)cc2)CCN1C(=O)CC1CCCCC1.CC(C)(C)[C@H]1CN(C(c2ccccc2)c2ccc(S(C)(=O)=O)cc2)CCN1C(=O)CC1CCCCC1.CC(C)(C)[C@H]1CN(C(c2ccccc2)c2ccc(S(C)(=O)=O)cc2)CCN1C(=O)CC1CCCCC1. The van der Waals surface area contributed by atoms with E-state index < -0.39 is 29.5 Å². The Balaban J connectivity index is 0.000000173. The van der Waals surface area contributed by atoms with Gasteiger partial charge < -0.3 is 14.7 Å². The van der Waals surface area contributed by atoms with E-state index in [1.807, 2.05) is 54.6 Å². The summed E-state index contributed by atoms with van der Waals surface area (Å²) in [7, 11) is -9.75. The monoisotopic (exact) mass is 1530 g/mol. The Morgan fingerprint density at radius 3 is 0.704 bits per heavy atom. The number of benzene rings is 6. The van der Waals surface area contributed by atoms with Gasteiger partial charge in [-0.05, 0) is 142 Å². The molecule has 3 amide bonds. The molecular formula is C90H126N6O9S3. The highest BCUT2D eigenvalue weighted by Crippen LogP contribution is 2.42. The topological polar surface area (TPSA) is 173 Å². The van der Waals surface area contributed by atoms with Crippen molar-refractivity contribution in [3.05, 3.63) is 197 Å². The molecule has 0 radical (unpaired) electrons. The summed E-state index contributed by atoms with van der Waals surface area (Å²) < 4.78 is 72.2. The Morgan fingerprint density at radius 2 is 0.509 bits per heavy atom. The molecule has 0 N–H and O–H groups in total. The van der Waals surface area contributed by atoms with Gasteiger partial charge in [-0.1, -0.05) is 247 Å². The molecule has 0 aromatic heterocycles. The minimum Gasteiger partial charge on any atom is -0.337 e. The molecule has 12 rings (SSSR count). The lowest BCUT2D eigenvalue weighted by Crippen LogP contribution is -2.60. The molecule has 3 unspecified atom stereocenters. The molecule has 6 aromatic carbocycles. The Hall–Kier alpha value is -6.54. The van der Waals surface area contributed by atoms with Crippen molar-refractivity contribution in [2.24, 2.45) is 34.0 Å². The average Bonchev–Trinajstić information content (AvgIpc) is 0.786. The Labute approximate surface area is 649 Å². The zero-order valence-corrected chi connectivity index (χ0v) is 69.4. The van der Waals surface area contributed by atoms with Crippen molar-refractivity contribution in [2.75, 3.05) is 77.7 Å². The third-order valence-corrected chi connectivity index (χ3v) is 27.5. The van der Waals surface area contributed by atoms with Gasteiger partial charge in [0.25, 0.3) is 0 Å². The number of sulfone groups is 3. The number of rotatable bonds is 18. The summed E-state index contributed by atoms with van der Waals surface area (Å²) >= 11 is 0. The van der Waals surface area contributed by atoms with Crippen LogP contribution in [0.15, 0.2) is 178 Å². The van der Waals surface area contributed by atoms with Crippen LogP contribution in [0.25, 0.3) is 0 Å². The van der Waals surface area contributed by atoms with E-state index in [1.165, 1.54) is 132 Å². The molecule has 0 spiro atoms. The van der Waals surface area contributed by atoms with E-state index >= 15 is 0 Å². The number of hydrogen-bond donors (Lipinski definition) is 0. The highest BCUT2D eigenvalue weighted by atomic mass is 32.2. The maximum absolute atomic E-state index is 13.5. The molecule has 3 heterocycles. The highest BCUT2D eigenvalue weighted by molar-refractivity contribution is 7.91. The van der Waals surface area contributed by atoms with E-state index in [1.54, 1.807) is 36.4 Å². The first-order valence-electron chi connectivity index (χ1n) is 40.3. The van der Waals surface area contributed by atoms with Crippen LogP contribution in [0.4, 0.5) is 0 Å². The third-order valence-electron chi connectivity index (χ3n) is 24.1. The van der Waals surface area contributed by atoms with Crippen molar-refractivity contribution in [1.82, 2.24) is 29.4 Å². The number of amides is 3. The predicted octanol–water partition coefficient (Wildman–Crippen LogP) is 17.1. The smallest absolute Gasteiger partial charge is 0.223 e. The zero-order valence-electron chi connectivity index (χ0n) is 67.0. The molecule has 0 bridgehead atoms. The summed E-state index contributed by atoms with van der Waals surface area (Å²) in [5, 5.41) is 0. The van der Waals surface area contributed by atoms with Gasteiger partial charge in [0.2, 0.25) is 17.7 Å². The maximum Gasteiger partial charge on any atom is 0.223 e. The molecule has 3 saturated heterocycles. The molecule has 3 aliphatic carbocycles. The van der Waals surface area contributed by atoms with E-state index in [9.17, 15) is 39.6 Å². The van der Waals surface area contributed by atoms with Gasteiger partial charge in [0.15, 0.2) is 29.5 Å². The van der Waals surface area contributed by atoms with E-state index in [-0.39, 0.29) is 52.5 Å². The molecule has 15 nitrogen and oxygen atoms in total. The quantitative estimate of drug-likeness (QED) is 0.0798. The van der Waals surface area contributed by atoms with Crippen molar-refractivity contribution >= 4 is 47.2 Å². The molecule has 3 aliphatic heterocycles. The first-order valence-corrected chi connectivity index (χ1v) is 45.9. The largest absolute Gasteiger partial charge is 0.337 e. The summed E-state index contributed by atoms with van der Waals surface area (Å²) in [6.07, 6.45) is 24.3. The maximum atomic E-state index is 13.5. The molecule has 3 saturated carbocycles. The zero-order chi connectivity index (χ0) is 77.8. The van der Waals surface area contributed by atoms with Gasteiger partial charge in [-0.15, -0.1) is 0 Å². The summed E-state index contributed by atoms with van der Waals surface area (Å²) in [4.78, 5) is 55.5. The molecule has 588 valence electrons. The molecule has 6 fully saturated rings. The second-order valence-electron chi connectivity index (χ2n) is 35.5. The molecular weight excluding hydrogens is 1410 g/mol. The van der Waals surface area contributed by atoms with Crippen molar-refractivity contribution < 1.29 is 39.6 Å². The van der Waals surface area contributed by atoms with Gasteiger partial charge in [-0.2, -0.15) is 0 Å².